The molecular weight excluding hydrogens is 279 g/mol. The quantitative estimate of drug-likeness (QED) is 0.708. The largest absolute Gasteiger partial charge is 0.481 e. The van der Waals surface area contributed by atoms with Crippen molar-refractivity contribution in [2.45, 2.75) is 18.9 Å². The molecule has 0 fully saturated rings. The molecule has 1 amide bonds. The molecule has 1 rings (SSSR count). The number of nitrogens with one attached hydrogen (secondary N) is 1. The number of halogens is 3. The van der Waals surface area contributed by atoms with Gasteiger partial charge in [-0.25, -0.2) is 13.2 Å². The minimum atomic E-state index is -1.78. The molecule has 110 valence electrons. The van der Waals surface area contributed by atoms with Crippen molar-refractivity contribution < 1.29 is 33.0 Å². The Bertz CT molecular complexity index is 546. The van der Waals surface area contributed by atoms with Crippen LogP contribution < -0.4 is 5.32 Å². The third-order valence-corrected chi connectivity index (χ3v) is 2.44. The van der Waals surface area contributed by atoms with Crippen LogP contribution in [0.2, 0.25) is 0 Å². The summed E-state index contributed by atoms with van der Waals surface area (Å²) in [4.78, 5) is 22.0. The van der Waals surface area contributed by atoms with Crippen LogP contribution in [-0.2, 0) is 4.79 Å². The van der Waals surface area contributed by atoms with Crippen LogP contribution in [0, 0.1) is 17.5 Å². The third kappa shape index (κ3) is 3.95. The van der Waals surface area contributed by atoms with Gasteiger partial charge in [0.15, 0.2) is 17.5 Å². The molecule has 1 atom stereocenters. The van der Waals surface area contributed by atoms with Crippen LogP contribution in [0.25, 0.3) is 0 Å². The Morgan fingerprint density at radius 3 is 2.40 bits per heavy atom. The normalized spacial score (nSPS) is 13.7. The summed E-state index contributed by atoms with van der Waals surface area (Å²) in [7, 11) is 0. The fourth-order valence-corrected chi connectivity index (χ4v) is 1.46. The third-order valence-electron chi connectivity index (χ3n) is 2.44. The van der Waals surface area contributed by atoms with Crippen molar-refractivity contribution >= 4 is 11.9 Å². The molecule has 20 heavy (non-hydrogen) atoms. The number of benzene rings is 1. The van der Waals surface area contributed by atoms with Gasteiger partial charge in [0.2, 0.25) is 0 Å². The van der Waals surface area contributed by atoms with Gasteiger partial charge in [-0.05, 0) is 19.1 Å². The zero-order valence-electron chi connectivity index (χ0n) is 10.4. The van der Waals surface area contributed by atoms with Crippen molar-refractivity contribution in [3.05, 3.63) is 35.1 Å². The highest BCUT2D eigenvalue weighted by atomic mass is 19.2. The first-order valence-corrected chi connectivity index (χ1v) is 5.50. The zero-order valence-corrected chi connectivity index (χ0v) is 10.4. The summed E-state index contributed by atoms with van der Waals surface area (Å²) in [6.45, 7) is 0.666. The summed E-state index contributed by atoms with van der Waals surface area (Å²) in [6, 6.07) is 1.33. The molecule has 0 aliphatic heterocycles. The maximum absolute atomic E-state index is 13.3. The molecule has 0 aromatic heterocycles. The van der Waals surface area contributed by atoms with Crippen LogP contribution in [0.15, 0.2) is 12.1 Å². The molecule has 0 spiro atoms. The first kappa shape index (κ1) is 16.0. The Balaban J connectivity index is 2.78. The van der Waals surface area contributed by atoms with E-state index < -0.39 is 53.5 Å². The van der Waals surface area contributed by atoms with E-state index >= 15 is 0 Å². The predicted octanol–water partition coefficient (Wildman–Crippen LogP) is 1.06. The maximum Gasteiger partial charge on any atom is 0.306 e. The molecule has 1 unspecified atom stereocenters. The van der Waals surface area contributed by atoms with Crippen molar-refractivity contribution in [2.24, 2.45) is 0 Å². The summed E-state index contributed by atoms with van der Waals surface area (Å²) in [5.41, 5.74) is -2.49. The van der Waals surface area contributed by atoms with Gasteiger partial charge < -0.3 is 15.5 Å². The van der Waals surface area contributed by atoms with Crippen LogP contribution in [0.3, 0.4) is 0 Å². The summed E-state index contributed by atoms with van der Waals surface area (Å²) < 4.78 is 38.9. The van der Waals surface area contributed by atoms with Crippen LogP contribution in [-0.4, -0.2) is 34.2 Å². The first-order chi connectivity index (χ1) is 9.14. The molecule has 5 nitrogen and oxygen atoms in total. The lowest BCUT2D eigenvalue weighted by Crippen LogP contribution is -2.42. The van der Waals surface area contributed by atoms with Crippen molar-refractivity contribution in [3.63, 3.8) is 0 Å². The zero-order chi connectivity index (χ0) is 15.5. The van der Waals surface area contributed by atoms with Crippen molar-refractivity contribution in [2.75, 3.05) is 6.54 Å². The number of amides is 1. The van der Waals surface area contributed by atoms with E-state index in [0.29, 0.717) is 6.07 Å². The van der Waals surface area contributed by atoms with E-state index in [1.54, 1.807) is 0 Å². The Hall–Kier alpha value is -2.09. The van der Waals surface area contributed by atoms with Gasteiger partial charge in [0.1, 0.15) is 0 Å². The number of hydrogen-bond acceptors (Lipinski definition) is 3. The monoisotopic (exact) mass is 291 g/mol. The van der Waals surface area contributed by atoms with Gasteiger partial charge in [-0.15, -0.1) is 0 Å². The van der Waals surface area contributed by atoms with Gasteiger partial charge in [0.05, 0.1) is 17.6 Å². The van der Waals surface area contributed by atoms with E-state index in [2.05, 4.69) is 5.32 Å². The van der Waals surface area contributed by atoms with Gasteiger partial charge >= 0.3 is 5.97 Å². The summed E-state index contributed by atoms with van der Waals surface area (Å²) in [5.74, 6) is -7.25. The van der Waals surface area contributed by atoms with Gasteiger partial charge in [-0.2, -0.15) is 0 Å². The van der Waals surface area contributed by atoms with Crippen molar-refractivity contribution in [1.82, 2.24) is 5.32 Å². The van der Waals surface area contributed by atoms with Crippen molar-refractivity contribution in [3.8, 4) is 0 Å². The highest BCUT2D eigenvalue weighted by molar-refractivity contribution is 5.94. The molecule has 0 saturated heterocycles. The molecule has 0 radical (unpaired) electrons. The minimum absolute atomic E-state index is 0.490. The smallest absolute Gasteiger partial charge is 0.306 e. The Kier molecular flexibility index (Phi) is 4.72. The lowest BCUT2D eigenvalue weighted by molar-refractivity contribution is -0.141. The second-order valence-electron chi connectivity index (χ2n) is 4.47. The highest BCUT2D eigenvalue weighted by Gasteiger charge is 2.26. The van der Waals surface area contributed by atoms with Gasteiger partial charge in [0, 0.05) is 6.54 Å². The van der Waals surface area contributed by atoms with E-state index in [4.69, 9.17) is 5.11 Å². The standard InChI is InChI=1S/C12H12F3NO4/c1-12(20,4-8(17)18)5-16-11(19)6-2-3-7(13)10(15)9(6)14/h2-3,20H,4-5H2,1H3,(H,16,19)(H,17,18). The molecule has 8 heteroatoms. The number of carboxylic acids is 1. The predicted molar refractivity (Wildman–Crippen MR) is 61.5 cm³/mol. The minimum Gasteiger partial charge on any atom is -0.481 e. The molecular formula is C12H12F3NO4. The van der Waals surface area contributed by atoms with E-state index in [9.17, 15) is 27.9 Å². The topological polar surface area (TPSA) is 86.6 Å². The Morgan fingerprint density at radius 2 is 1.85 bits per heavy atom. The summed E-state index contributed by atoms with van der Waals surface area (Å²) >= 11 is 0. The summed E-state index contributed by atoms with van der Waals surface area (Å²) in [6.07, 6.45) is -0.645. The lowest BCUT2D eigenvalue weighted by atomic mass is 10.0. The van der Waals surface area contributed by atoms with Crippen LogP contribution >= 0.6 is 0 Å². The molecule has 0 heterocycles. The van der Waals surface area contributed by atoms with E-state index in [1.165, 1.54) is 0 Å². The van der Waals surface area contributed by atoms with Gasteiger partial charge in [0.25, 0.3) is 5.91 Å². The molecule has 0 saturated carbocycles. The molecule has 1 aromatic rings. The molecule has 0 aliphatic rings. The average Bonchev–Trinajstić information content (AvgIpc) is 2.32. The van der Waals surface area contributed by atoms with E-state index in [1.807, 2.05) is 0 Å². The number of rotatable bonds is 5. The first-order valence-electron chi connectivity index (χ1n) is 5.50. The number of aliphatic hydroxyl groups is 1. The SMILES string of the molecule is CC(O)(CNC(=O)c1ccc(F)c(F)c1F)CC(=O)O. The Morgan fingerprint density at radius 1 is 1.25 bits per heavy atom. The van der Waals surface area contributed by atoms with Crippen LogP contribution in [0.4, 0.5) is 13.2 Å². The number of carbonyl (C=O) groups is 2. The molecule has 1 aromatic carbocycles. The maximum atomic E-state index is 13.3. The number of carbonyl (C=O) groups excluding carboxylic acids is 1. The fraction of sp³-hybridized carbons (Fsp3) is 0.333. The van der Waals surface area contributed by atoms with Crippen LogP contribution in [0.5, 0.6) is 0 Å². The molecule has 3 N–H and O–H groups in total. The van der Waals surface area contributed by atoms with Gasteiger partial charge in [-0.1, -0.05) is 0 Å². The lowest BCUT2D eigenvalue weighted by Gasteiger charge is -2.21. The van der Waals surface area contributed by atoms with E-state index in [0.717, 1.165) is 13.0 Å². The second-order valence-corrected chi connectivity index (χ2v) is 4.47. The summed E-state index contributed by atoms with van der Waals surface area (Å²) in [5, 5.41) is 20.2. The average molecular weight is 291 g/mol. The Labute approximate surface area is 112 Å². The van der Waals surface area contributed by atoms with Gasteiger partial charge in [-0.3, -0.25) is 9.59 Å². The van der Waals surface area contributed by atoms with Crippen LogP contribution in [0.1, 0.15) is 23.7 Å². The molecule has 0 aliphatic carbocycles. The number of aliphatic carboxylic acids is 1. The fourth-order valence-electron chi connectivity index (χ4n) is 1.46. The number of hydrogen-bond donors (Lipinski definition) is 3. The second kappa shape index (κ2) is 5.91. The number of carboxylic acid groups (broad SMARTS) is 1. The van der Waals surface area contributed by atoms with E-state index in [-0.39, 0.29) is 0 Å². The highest BCUT2D eigenvalue weighted by Crippen LogP contribution is 2.15. The molecule has 0 bridgehead atoms. The van der Waals surface area contributed by atoms with Crippen molar-refractivity contribution in [1.29, 1.82) is 0 Å².